The van der Waals surface area contributed by atoms with Gasteiger partial charge in [-0.1, -0.05) is 0 Å². The minimum absolute atomic E-state index is 0.175. The summed E-state index contributed by atoms with van der Waals surface area (Å²) in [6, 6.07) is 6.19. The quantitative estimate of drug-likeness (QED) is 0.719. The Hall–Kier alpha value is -2.74. The predicted octanol–water partition coefficient (Wildman–Crippen LogP) is 1.31. The first-order chi connectivity index (χ1) is 11.6. The molecule has 0 aliphatic heterocycles. The van der Waals surface area contributed by atoms with E-state index in [9.17, 15) is 4.79 Å². The van der Waals surface area contributed by atoms with Crippen molar-refractivity contribution < 1.29 is 28.3 Å². The van der Waals surface area contributed by atoms with Crippen molar-refractivity contribution in [3.05, 3.63) is 35.6 Å². The molecular weight excluding hydrogens is 316 g/mol. The molecule has 24 heavy (non-hydrogen) atoms. The lowest BCUT2D eigenvalue weighted by atomic mass is 10.2. The molecule has 0 aliphatic carbocycles. The van der Waals surface area contributed by atoms with Gasteiger partial charge in [0.2, 0.25) is 0 Å². The molecule has 1 atom stereocenters. The minimum atomic E-state index is -0.808. The maximum atomic E-state index is 11.3. The Labute approximate surface area is 139 Å². The van der Waals surface area contributed by atoms with Crippen LogP contribution < -0.4 is 19.9 Å². The van der Waals surface area contributed by atoms with Crippen molar-refractivity contribution in [2.75, 3.05) is 21.3 Å². The summed E-state index contributed by atoms with van der Waals surface area (Å²) in [6.45, 7) is 0.238. The summed E-state index contributed by atoms with van der Waals surface area (Å²) in [5.41, 5.74) is 6.50. The van der Waals surface area contributed by atoms with Gasteiger partial charge in [-0.2, -0.15) is 0 Å². The first-order valence-corrected chi connectivity index (χ1v) is 7.20. The first-order valence-electron chi connectivity index (χ1n) is 7.20. The van der Waals surface area contributed by atoms with Crippen LogP contribution in [-0.4, -0.2) is 38.5 Å². The summed E-state index contributed by atoms with van der Waals surface area (Å²) >= 11 is 0. The number of nitrogens with zero attached hydrogens (tertiary/aromatic N) is 1. The molecule has 0 saturated carbocycles. The van der Waals surface area contributed by atoms with E-state index in [1.165, 1.54) is 7.11 Å². The zero-order valence-corrected chi connectivity index (χ0v) is 13.8. The summed E-state index contributed by atoms with van der Waals surface area (Å²) in [7, 11) is 4.43. The molecule has 0 radical (unpaired) electrons. The molecule has 0 bridgehead atoms. The number of benzene rings is 1. The Morgan fingerprint density at radius 3 is 2.71 bits per heavy atom. The topological polar surface area (TPSA) is 106 Å². The average molecular weight is 336 g/mol. The van der Waals surface area contributed by atoms with E-state index in [0.717, 1.165) is 5.56 Å². The monoisotopic (exact) mass is 336 g/mol. The molecule has 2 aromatic rings. The number of hydrogen-bond donors (Lipinski definition) is 1. The van der Waals surface area contributed by atoms with Crippen LogP contribution in [0.5, 0.6) is 17.4 Å². The van der Waals surface area contributed by atoms with Gasteiger partial charge in [0.15, 0.2) is 0 Å². The van der Waals surface area contributed by atoms with Crippen molar-refractivity contribution in [1.29, 1.82) is 0 Å². The highest BCUT2D eigenvalue weighted by atomic mass is 16.5. The Morgan fingerprint density at radius 1 is 1.25 bits per heavy atom. The van der Waals surface area contributed by atoms with Crippen molar-refractivity contribution in [2.45, 2.75) is 19.1 Å². The molecule has 1 aromatic carbocycles. The Bertz CT molecular complexity index is 685. The van der Waals surface area contributed by atoms with Crippen LogP contribution in [0.2, 0.25) is 0 Å². The summed E-state index contributed by atoms with van der Waals surface area (Å²) in [5.74, 6) is 1.54. The summed E-state index contributed by atoms with van der Waals surface area (Å²) in [6.07, 6.45) is 0.175. The maximum absolute atomic E-state index is 11.3. The van der Waals surface area contributed by atoms with Crippen molar-refractivity contribution in [3.63, 3.8) is 0 Å². The lowest BCUT2D eigenvalue weighted by Gasteiger charge is -2.10. The summed E-state index contributed by atoms with van der Waals surface area (Å²) in [4.78, 5) is 11.3. The molecule has 0 unspecified atom stereocenters. The van der Waals surface area contributed by atoms with Crippen LogP contribution in [0.15, 0.2) is 28.8 Å². The van der Waals surface area contributed by atoms with E-state index in [1.807, 2.05) is 12.1 Å². The maximum Gasteiger partial charge on any atom is 0.323 e. The van der Waals surface area contributed by atoms with Gasteiger partial charge in [0.1, 0.15) is 29.9 Å². The van der Waals surface area contributed by atoms with Crippen LogP contribution in [0.1, 0.15) is 11.3 Å². The number of ether oxygens (including phenoxy) is 4. The van der Waals surface area contributed by atoms with E-state index in [2.05, 4.69) is 9.89 Å². The van der Waals surface area contributed by atoms with Gasteiger partial charge in [-0.3, -0.25) is 4.79 Å². The van der Waals surface area contributed by atoms with Gasteiger partial charge in [-0.25, -0.2) is 0 Å². The number of carbonyl (C=O) groups is 1. The molecule has 0 amide bonds. The largest absolute Gasteiger partial charge is 0.497 e. The van der Waals surface area contributed by atoms with E-state index in [-0.39, 0.29) is 13.0 Å². The second-order valence-electron chi connectivity index (χ2n) is 4.93. The minimum Gasteiger partial charge on any atom is -0.497 e. The molecule has 130 valence electrons. The third-order valence-corrected chi connectivity index (χ3v) is 3.33. The van der Waals surface area contributed by atoms with Gasteiger partial charge in [0.05, 0.1) is 21.3 Å². The normalized spacial score (nSPS) is 11.7. The fraction of sp³-hybridized carbons (Fsp3) is 0.375. The Kier molecular flexibility index (Phi) is 6.02. The second-order valence-corrected chi connectivity index (χ2v) is 4.93. The Morgan fingerprint density at radius 2 is 2.04 bits per heavy atom. The predicted molar refractivity (Wildman–Crippen MR) is 84.1 cm³/mol. The number of hydrogen-bond acceptors (Lipinski definition) is 8. The van der Waals surface area contributed by atoms with Gasteiger partial charge < -0.3 is 29.2 Å². The number of carbonyl (C=O) groups excluding carboxylic acids is 1. The molecule has 8 heteroatoms. The fourth-order valence-electron chi connectivity index (χ4n) is 2.03. The number of rotatable bonds is 8. The number of esters is 1. The van der Waals surface area contributed by atoms with Gasteiger partial charge >= 0.3 is 5.97 Å². The fourth-order valence-corrected chi connectivity index (χ4v) is 2.03. The molecule has 2 N–H and O–H groups in total. The van der Waals surface area contributed by atoms with E-state index >= 15 is 0 Å². The smallest absolute Gasteiger partial charge is 0.323 e. The molecule has 1 heterocycles. The molecule has 0 fully saturated rings. The molecule has 8 nitrogen and oxygen atoms in total. The van der Waals surface area contributed by atoms with Gasteiger partial charge in [0.25, 0.3) is 5.88 Å². The van der Waals surface area contributed by atoms with Crippen LogP contribution in [0.25, 0.3) is 0 Å². The molecular formula is C16H20N2O6. The molecule has 0 spiro atoms. The van der Waals surface area contributed by atoms with E-state index < -0.39 is 12.0 Å². The van der Waals surface area contributed by atoms with E-state index in [1.54, 1.807) is 26.4 Å². The van der Waals surface area contributed by atoms with Crippen molar-refractivity contribution in [1.82, 2.24) is 5.16 Å². The third kappa shape index (κ3) is 4.39. The number of methoxy groups -OCH3 is 3. The highest BCUT2D eigenvalue weighted by molar-refractivity contribution is 5.75. The molecule has 0 saturated heterocycles. The van der Waals surface area contributed by atoms with Gasteiger partial charge in [-0.15, -0.1) is 0 Å². The lowest BCUT2D eigenvalue weighted by molar-refractivity contribution is -0.142. The highest BCUT2D eigenvalue weighted by Gasteiger charge is 2.18. The van der Waals surface area contributed by atoms with Crippen LogP contribution in [0.3, 0.4) is 0 Å². The third-order valence-electron chi connectivity index (χ3n) is 3.33. The van der Waals surface area contributed by atoms with Crippen molar-refractivity contribution in [3.8, 4) is 17.4 Å². The van der Waals surface area contributed by atoms with Gasteiger partial charge in [0, 0.05) is 24.1 Å². The van der Waals surface area contributed by atoms with Crippen LogP contribution in [-0.2, 0) is 22.6 Å². The van der Waals surface area contributed by atoms with Crippen LogP contribution in [0.4, 0.5) is 0 Å². The summed E-state index contributed by atoms with van der Waals surface area (Å²) in [5, 5.41) is 3.79. The molecule has 1 aromatic heterocycles. The zero-order chi connectivity index (χ0) is 17.5. The SMILES string of the molecule is COC(=O)[C@@H](N)Cc1cc(OCc2ccc(OC)cc2OC)no1. The second kappa shape index (κ2) is 8.21. The van der Waals surface area contributed by atoms with Gasteiger partial charge in [-0.05, 0) is 17.3 Å². The Balaban J connectivity index is 1.97. The van der Waals surface area contributed by atoms with Crippen molar-refractivity contribution in [2.24, 2.45) is 5.73 Å². The van der Waals surface area contributed by atoms with E-state index in [0.29, 0.717) is 23.1 Å². The highest BCUT2D eigenvalue weighted by Crippen LogP contribution is 2.25. The summed E-state index contributed by atoms with van der Waals surface area (Å²) < 4.78 is 25.7. The average Bonchev–Trinajstić information content (AvgIpc) is 3.06. The number of nitrogens with two attached hydrogens (primary N) is 1. The standard InChI is InChI=1S/C16H20N2O6/c1-20-11-5-4-10(14(7-11)21-2)9-23-15-8-12(24-18-15)6-13(17)16(19)22-3/h4-5,7-8,13H,6,9,17H2,1-3H3/t13-/m0/s1. The zero-order valence-electron chi connectivity index (χ0n) is 13.8. The lowest BCUT2D eigenvalue weighted by Crippen LogP contribution is -2.33. The molecule has 2 rings (SSSR count). The van der Waals surface area contributed by atoms with Crippen LogP contribution >= 0.6 is 0 Å². The van der Waals surface area contributed by atoms with Crippen molar-refractivity contribution >= 4 is 5.97 Å². The first kappa shape index (κ1) is 17.6. The molecule has 0 aliphatic rings. The number of aromatic nitrogens is 1. The van der Waals surface area contributed by atoms with E-state index in [4.69, 9.17) is 24.5 Å². The van der Waals surface area contributed by atoms with Crippen LogP contribution in [0, 0.1) is 0 Å².